The zero-order valence-electron chi connectivity index (χ0n) is 11.6. The first kappa shape index (κ1) is 13.9. The first-order valence-corrected chi connectivity index (χ1v) is 7.13. The fraction of sp³-hybridized carbons (Fsp3) is 0.600. The van der Waals surface area contributed by atoms with Gasteiger partial charge in [-0.2, -0.15) is 0 Å². The zero-order chi connectivity index (χ0) is 14.3. The smallest absolute Gasteiger partial charge is 0.127 e. The Bertz CT molecular complexity index is 497. The summed E-state index contributed by atoms with van der Waals surface area (Å²) in [6, 6.07) is 4.22. The number of hydrogen-bond acceptors (Lipinski definition) is 3. The van der Waals surface area contributed by atoms with E-state index in [0.717, 1.165) is 32.1 Å². The molecule has 0 radical (unpaired) electrons. The average molecular weight is 282 g/mol. The highest BCUT2D eigenvalue weighted by atomic mass is 19.1. The maximum atomic E-state index is 13.7. The maximum absolute atomic E-state index is 13.7. The molecule has 0 aromatic heterocycles. The zero-order valence-corrected chi connectivity index (χ0v) is 11.6. The third-order valence-corrected chi connectivity index (χ3v) is 4.45. The van der Waals surface area contributed by atoms with Gasteiger partial charge >= 0.3 is 0 Å². The monoisotopic (exact) mass is 282 g/mol. The van der Waals surface area contributed by atoms with E-state index in [1.54, 1.807) is 0 Å². The minimum Gasteiger partial charge on any atom is -0.392 e. The molecule has 1 aromatic carbocycles. The van der Waals surface area contributed by atoms with E-state index >= 15 is 0 Å². The van der Waals surface area contributed by atoms with Crippen LogP contribution < -0.4 is 0 Å². The van der Waals surface area contributed by atoms with Crippen LogP contribution in [0.2, 0.25) is 0 Å². The second-order valence-corrected chi connectivity index (χ2v) is 6.01. The van der Waals surface area contributed by atoms with Gasteiger partial charge in [0.2, 0.25) is 0 Å². The van der Waals surface area contributed by atoms with Crippen molar-refractivity contribution >= 4 is 0 Å². The second-order valence-electron chi connectivity index (χ2n) is 6.01. The van der Waals surface area contributed by atoms with E-state index in [-0.39, 0.29) is 18.0 Å². The van der Waals surface area contributed by atoms with E-state index in [0.29, 0.717) is 18.2 Å². The summed E-state index contributed by atoms with van der Waals surface area (Å²) in [5.74, 6) is -0.753. The van der Waals surface area contributed by atoms with Crippen LogP contribution in [0.15, 0.2) is 18.2 Å². The summed E-state index contributed by atoms with van der Waals surface area (Å²) in [7, 11) is 0. The van der Waals surface area contributed by atoms with Crippen LogP contribution in [0.3, 0.4) is 0 Å². The molecular weight excluding hydrogens is 262 g/mol. The van der Waals surface area contributed by atoms with Crippen LogP contribution in [0.25, 0.3) is 0 Å². The first-order valence-electron chi connectivity index (χ1n) is 7.13. The van der Waals surface area contributed by atoms with Crippen molar-refractivity contribution in [2.45, 2.75) is 38.1 Å². The summed E-state index contributed by atoms with van der Waals surface area (Å²) >= 11 is 0. The number of aliphatic hydroxyl groups excluding tert-OH is 1. The lowest BCUT2D eigenvalue weighted by Gasteiger charge is -2.42. The topological polar surface area (TPSA) is 26.7 Å². The first-order chi connectivity index (χ1) is 9.52. The molecule has 110 valence electrons. The van der Waals surface area contributed by atoms with Gasteiger partial charge in [0.1, 0.15) is 11.6 Å². The summed E-state index contributed by atoms with van der Waals surface area (Å²) in [5, 5.41) is 9.73. The van der Waals surface area contributed by atoms with Gasteiger partial charge in [0.15, 0.2) is 0 Å². The predicted octanol–water partition coefficient (Wildman–Crippen LogP) is 1.60. The fourth-order valence-electron chi connectivity index (χ4n) is 3.38. The van der Waals surface area contributed by atoms with Crippen molar-refractivity contribution in [1.82, 2.24) is 9.80 Å². The van der Waals surface area contributed by atoms with Crippen LogP contribution >= 0.6 is 0 Å². The quantitative estimate of drug-likeness (QED) is 0.892. The molecule has 0 bridgehead atoms. The maximum Gasteiger partial charge on any atom is 0.127 e. The lowest BCUT2D eigenvalue weighted by molar-refractivity contribution is 0.0521. The molecule has 5 heteroatoms. The van der Waals surface area contributed by atoms with Crippen molar-refractivity contribution in [2.24, 2.45) is 0 Å². The molecule has 1 N–H and O–H groups in total. The molecule has 1 aromatic rings. The van der Waals surface area contributed by atoms with E-state index < -0.39 is 5.82 Å². The minimum absolute atomic E-state index is 0.252. The SMILES string of the molecule is C[C@@H]1CN2C[C@H](O)C[C@H]2CN1Cc1cc(F)ccc1F. The van der Waals surface area contributed by atoms with Crippen molar-refractivity contribution in [2.75, 3.05) is 19.6 Å². The molecule has 2 aliphatic rings. The van der Waals surface area contributed by atoms with Crippen LogP contribution in [-0.2, 0) is 6.54 Å². The Kier molecular flexibility index (Phi) is 3.75. The highest BCUT2D eigenvalue weighted by molar-refractivity contribution is 5.19. The Morgan fingerprint density at radius 2 is 2.05 bits per heavy atom. The van der Waals surface area contributed by atoms with E-state index in [4.69, 9.17) is 0 Å². The molecule has 2 saturated heterocycles. The van der Waals surface area contributed by atoms with E-state index in [9.17, 15) is 13.9 Å². The molecule has 3 atom stereocenters. The number of aliphatic hydroxyl groups is 1. The molecule has 0 amide bonds. The average Bonchev–Trinajstić information content (AvgIpc) is 2.73. The summed E-state index contributed by atoms with van der Waals surface area (Å²) < 4.78 is 27.0. The number of halogens is 2. The van der Waals surface area contributed by atoms with Crippen LogP contribution in [0.4, 0.5) is 8.78 Å². The van der Waals surface area contributed by atoms with Gasteiger partial charge in [-0.25, -0.2) is 8.78 Å². The van der Waals surface area contributed by atoms with Gasteiger partial charge in [0.25, 0.3) is 0 Å². The summed E-state index contributed by atoms with van der Waals surface area (Å²) in [6.45, 7) is 4.92. The van der Waals surface area contributed by atoms with Crippen molar-refractivity contribution < 1.29 is 13.9 Å². The number of benzene rings is 1. The molecule has 2 fully saturated rings. The third-order valence-electron chi connectivity index (χ3n) is 4.45. The third kappa shape index (κ3) is 2.71. The van der Waals surface area contributed by atoms with Crippen molar-refractivity contribution in [3.8, 4) is 0 Å². The second kappa shape index (κ2) is 5.39. The van der Waals surface area contributed by atoms with Crippen LogP contribution in [0.1, 0.15) is 18.9 Å². The summed E-state index contributed by atoms with van der Waals surface area (Å²) in [6.07, 6.45) is 0.521. The molecule has 0 aliphatic carbocycles. The normalized spacial score (nSPS) is 31.5. The molecule has 0 spiro atoms. The largest absolute Gasteiger partial charge is 0.392 e. The Balaban J connectivity index is 1.72. The Hall–Kier alpha value is -1.04. The van der Waals surface area contributed by atoms with Crippen LogP contribution in [0.5, 0.6) is 0 Å². The Morgan fingerprint density at radius 1 is 1.25 bits per heavy atom. The number of hydrogen-bond donors (Lipinski definition) is 1. The van der Waals surface area contributed by atoms with Crippen molar-refractivity contribution in [3.05, 3.63) is 35.4 Å². The van der Waals surface area contributed by atoms with E-state index in [1.165, 1.54) is 12.1 Å². The molecular formula is C15H20F2N2O. The van der Waals surface area contributed by atoms with Crippen LogP contribution in [0, 0.1) is 11.6 Å². The molecule has 2 heterocycles. The molecule has 2 aliphatic heterocycles. The lowest BCUT2D eigenvalue weighted by atomic mass is 10.1. The number of piperazine rings is 1. The molecule has 20 heavy (non-hydrogen) atoms. The summed E-state index contributed by atoms with van der Waals surface area (Å²) in [4.78, 5) is 4.48. The Morgan fingerprint density at radius 3 is 2.85 bits per heavy atom. The van der Waals surface area contributed by atoms with Crippen LogP contribution in [-0.4, -0.2) is 52.7 Å². The van der Waals surface area contributed by atoms with Gasteiger partial charge in [-0.15, -0.1) is 0 Å². The Labute approximate surface area is 117 Å². The highest BCUT2D eigenvalue weighted by Gasteiger charge is 2.38. The minimum atomic E-state index is -0.399. The molecule has 0 saturated carbocycles. The molecule has 3 nitrogen and oxygen atoms in total. The lowest BCUT2D eigenvalue weighted by Crippen LogP contribution is -2.54. The van der Waals surface area contributed by atoms with Gasteiger partial charge in [0.05, 0.1) is 6.10 Å². The number of fused-ring (bicyclic) bond motifs is 1. The highest BCUT2D eigenvalue weighted by Crippen LogP contribution is 2.26. The standard InChI is InChI=1S/C15H20F2N2O/c1-10-6-19-9-14(20)5-13(19)8-18(10)7-11-4-12(16)2-3-15(11)17/h2-4,10,13-14,20H,5-9H2,1H3/t10-,13+,14-/m1/s1. The number of nitrogens with zero attached hydrogens (tertiary/aromatic N) is 2. The van der Waals surface area contributed by atoms with E-state index in [2.05, 4.69) is 16.7 Å². The predicted molar refractivity (Wildman–Crippen MR) is 72.2 cm³/mol. The fourth-order valence-corrected chi connectivity index (χ4v) is 3.38. The van der Waals surface area contributed by atoms with Gasteiger partial charge in [-0.3, -0.25) is 9.80 Å². The summed E-state index contributed by atoms with van der Waals surface area (Å²) in [5.41, 5.74) is 0.406. The van der Waals surface area contributed by atoms with Gasteiger partial charge in [-0.1, -0.05) is 0 Å². The van der Waals surface area contributed by atoms with Crippen molar-refractivity contribution in [1.29, 1.82) is 0 Å². The van der Waals surface area contributed by atoms with Crippen molar-refractivity contribution in [3.63, 3.8) is 0 Å². The molecule has 3 rings (SSSR count). The van der Waals surface area contributed by atoms with Gasteiger partial charge in [0, 0.05) is 43.8 Å². The molecule has 0 unspecified atom stereocenters. The van der Waals surface area contributed by atoms with Gasteiger partial charge < -0.3 is 5.11 Å². The van der Waals surface area contributed by atoms with Gasteiger partial charge in [-0.05, 0) is 31.5 Å². The number of rotatable bonds is 2. The van der Waals surface area contributed by atoms with E-state index in [1.807, 2.05) is 0 Å².